The van der Waals surface area contributed by atoms with Gasteiger partial charge in [0.25, 0.3) is 0 Å². The van der Waals surface area contributed by atoms with E-state index in [9.17, 15) is 9.90 Å². The zero-order valence-corrected chi connectivity index (χ0v) is 11.8. The van der Waals surface area contributed by atoms with Crippen molar-refractivity contribution < 1.29 is 9.90 Å². The van der Waals surface area contributed by atoms with Crippen LogP contribution in [0, 0.1) is 0 Å². The highest BCUT2D eigenvalue weighted by atomic mass is 16.3. The predicted octanol–water partition coefficient (Wildman–Crippen LogP) is 1.26. The van der Waals surface area contributed by atoms with E-state index in [4.69, 9.17) is 0 Å². The van der Waals surface area contributed by atoms with E-state index in [0.29, 0.717) is 13.1 Å². The molecule has 1 heterocycles. The van der Waals surface area contributed by atoms with Crippen LogP contribution in [0.3, 0.4) is 0 Å². The summed E-state index contributed by atoms with van der Waals surface area (Å²) in [5, 5.41) is 18.9. The summed E-state index contributed by atoms with van der Waals surface area (Å²) in [6, 6.07) is 9.16. The normalized spacial score (nSPS) is 10.3. The van der Waals surface area contributed by atoms with Gasteiger partial charge in [-0.15, -0.1) is 0 Å². The number of carbonyl (C=O) groups is 1. The van der Waals surface area contributed by atoms with Crippen LogP contribution in [-0.4, -0.2) is 27.5 Å². The van der Waals surface area contributed by atoms with Crippen LogP contribution in [0.1, 0.15) is 17.5 Å². The average molecular weight is 288 g/mol. The van der Waals surface area contributed by atoms with Gasteiger partial charge in [0, 0.05) is 32.0 Å². The molecule has 2 rings (SSSR count). The molecule has 112 valence electrons. The Morgan fingerprint density at radius 3 is 2.71 bits per heavy atom. The first-order chi connectivity index (χ1) is 10.3. The Balaban J connectivity index is 1.65. The van der Waals surface area contributed by atoms with Gasteiger partial charge in [-0.05, 0) is 23.6 Å². The van der Waals surface area contributed by atoms with Gasteiger partial charge in [0.2, 0.25) is 0 Å². The highest BCUT2D eigenvalue weighted by Crippen LogP contribution is 2.07. The number of aromatic nitrogens is 2. The molecule has 0 fully saturated rings. The van der Waals surface area contributed by atoms with Gasteiger partial charge in [0.15, 0.2) is 0 Å². The van der Waals surface area contributed by atoms with Crippen molar-refractivity contribution in [2.45, 2.75) is 26.1 Å². The van der Waals surface area contributed by atoms with Gasteiger partial charge < -0.3 is 15.7 Å². The maximum Gasteiger partial charge on any atom is 0.315 e. The van der Waals surface area contributed by atoms with Crippen LogP contribution in [0.5, 0.6) is 0 Å². The van der Waals surface area contributed by atoms with Crippen molar-refractivity contribution in [3.63, 3.8) is 0 Å². The highest BCUT2D eigenvalue weighted by molar-refractivity contribution is 5.73. The molecule has 6 heteroatoms. The number of benzene rings is 1. The number of hydrogen-bond donors (Lipinski definition) is 3. The van der Waals surface area contributed by atoms with Crippen molar-refractivity contribution in [3.8, 4) is 0 Å². The summed E-state index contributed by atoms with van der Waals surface area (Å²) in [5.74, 6) is 0. The van der Waals surface area contributed by atoms with Crippen LogP contribution in [0.25, 0.3) is 0 Å². The third kappa shape index (κ3) is 4.92. The maximum atomic E-state index is 11.7. The fraction of sp³-hybridized carbons (Fsp3) is 0.333. The number of nitrogens with one attached hydrogen (secondary N) is 2. The van der Waals surface area contributed by atoms with E-state index in [1.54, 1.807) is 6.20 Å². The lowest BCUT2D eigenvalue weighted by Crippen LogP contribution is -2.36. The number of rotatable bonds is 7. The van der Waals surface area contributed by atoms with E-state index in [0.717, 1.165) is 24.1 Å². The fourth-order valence-electron chi connectivity index (χ4n) is 2.00. The third-order valence-electron chi connectivity index (χ3n) is 3.14. The van der Waals surface area contributed by atoms with Crippen LogP contribution in [0.2, 0.25) is 0 Å². The van der Waals surface area contributed by atoms with Crippen molar-refractivity contribution >= 4 is 6.03 Å². The molecular formula is C15H20N4O2. The van der Waals surface area contributed by atoms with Crippen molar-refractivity contribution in [2.75, 3.05) is 6.54 Å². The van der Waals surface area contributed by atoms with Crippen LogP contribution in [-0.2, 0) is 19.7 Å². The number of urea groups is 1. The summed E-state index contributed by atoms with van der Waals surface area (Å²) >= 11 is 0. The lowest BCUT2D eigenvalue weighted by atomic mass is 10.1. The van der Waals surface area contributed by atoms with Crippen LogP contribution < -0.4 is 10.6 Å². The number of nitrogens with zero attached hydrogens (tertiary/aromatic N) is 2. The van der Waals surface area contributed by atoms with Gasteiger partial charge in [0.05, 0.1) is 6.61 Å². The van der Waals surface area contributed by atoms with Gasteiger partial charge >= 0.3 is 6.03 Å². The molecule has 0 aliphatic carbocycles. The minimum Gasteiger partial charge on any atom is -0.392 e. The molecule has 21 heavy (non-hydrogen) atoms. The smallest absolute Gasteiger partial charge is 0.315 e. The second kappa shape index (κ2) is 8.06. The molecule has 0 saturated carbocycles. The number of aliphatic hydroxyl groups excluding tert-OH is 1. The van der Waals surface area contributed by atoms with E-state index in [1.165, 1.54) is 0 Å². The predicted molar refractivity (Wildman–Crippen MR) is 79.4 cm³/mol. The second-order valence-electron chi connectivity index (χ2n) is 4.66. The van der Waals surface area contributed by atoms with Crippen molar-refractivity contribution in [1.82, 2.24) is 20.4 Å². The number of aryl methyl sites for hydroxylation is 1. The first-order valence-corrected chi connectivity index (χ1v) is 6.96. The monoisotopic (exact) mass is 288 g/mol. The first-order valence-electron chi connectivity index (χ1n) is 6.96. The average Bonchev–Trinajstić information content (AvgIpc) is 3.03. The summed E-state index contributed by atoms with van der Waals surface area (Å²) in [6.07, 6.45) is 4.45. The molecule has 0 aliphatic heterocycles. The topological polar surface area (TPSA) is 79.2 Å². The van der Waals surface area contributed by atoms with E-state index in [2.05, 4.69) is 15.7 Å². The zero-order chi connectivity index (χ0) is 14.9. The molecule has 0 saturated heterocycles. The molecule has 2 aromatic rings. The molecule has 6 nitrogen and oxygen atoms in total. The Kier molecular flexibility index (Phi) is 5.78. The van der Waals surface area contributed by atoms with Crippen molar-refractivity contribution in [2.24, 2.45) is 0 Å². The molecular weight excluding hydrogens is 268 g/mol. The van der Waals surface area contributed by atoms with Gasteiger partial charge in [-0.3, -0.25) is 4.68 Å². The zero-order valence-electron chi connectivity index (χ0n) is 11.8. The highest BCUT2D eigenvalue weighted by Gasteiger charge is 2.03. The van der Waals surface area contributed by atoms with Gasteiger partial charge in [0.1, 0.15) is 0 Å². The first kappa shape index (κ1) is 15.1. The van der Waals surface area contributed by atoms with Gasteiger partial charge in [-0.25, -0.2) is 4.79 Å². The molecule has 0 bridgehead atoms. The summed E-state index contributed by atoms with van der Waals surface area (Å²) < 4.78 is 1.83. The Morgan fingerprint density at radius 1 is 1.19 bits per heavy atom. The maximum absolute atomic E-state index is 11.7. The van der Waals surface area contributed by atoms with Crippen LogP contribution in [0.15, 0.2) is 42.7 Å². The number of amides is 2. The quantitative estimate of drug-likeness (QED) is 0.671. The van der Waals surface area contributed by atoms with Crippen LogP contribution >= 0.6 is 0 Å². The van der Waals surface area contributed by atoms with E-state index >= 15 is 0 Å². The van der Waals surface area contributed by atoms with Gasteiger partial charge in [-0.2, -0.15) is 5.10 Å². The SMILES string of the molecule is O=C(NCCCn1cccn1)NCc1ccccc1CO. The Bertz CT molecular complexity index is 555. The van der Waals surface area contributed by atoms with E-state index in [1.807, 2.05) is 41.2 Å². The standard InChI is InChI=1S/C15H20N4O2/c20-12-14-6-2-1-5-13(14)11-17-15(21)16-7-3-9-19-10-4-8-18-19/h1-2,4-6,8,10,20H,3,7,9,11-12H2,(H2,16,17,21). The molecule has 0 radical (unpaired) electrons. The number of aliphatic hydroxyl groups is 1. The molecule has 0 spiro atoms. The summed E-state index contributed by atoms with van der Waals surface area (Å²) in [4.78, 5) is 11.7. The molecule has 0 aliphatic rings. The summed E-state index contributed by atoms with van der Waals surface area (Å²) in [5.41, 5.74) is 1.75. The Morgan fingerprint density at radius 2 is 2.00 bits per heavy atom. The lowest BCUT2D eigenvalue weighted by molar-refractivity contribution is 0.240. The minimum absolute atomic E-state index is 0.0245. The summed E-state index contributed by atoms with van der Waals surface area (Å²) in [7, 11) is 0. The fourth-order valence-corrected chi connectivity index (χ4v) is 2.00. The molecule has 2 amide bonds. The lowest BCUT2D eigenvalue weighted by Gasteiger charge is -2.10. The minimum atomic E-state index is -0.205. The molecule has 0 unspecified atom stereocenters. The Labute approximate surface area is 123 Å². The van der Waals surface area contributed by atoms with Gasteiger partial charge in [-0.1, -0.05) is 24.3 Å². The number of hydrogen-bond acceptors (Lipinski definition) is 3. The summed E-state index contributed by atoms with van der Waals surface area (Å²) in [6.45, 7) is 1.75. The molecule has 3 N–H and O–H groups in total. The largest absolute Gasteiger partial charge is 0.392 e. The molecule has 1 aromatic heterocycles. The second-order valence-corrected chi connectivity index (χ2v) is 4.66. The molecule has 0 atom stereocenters. The number of carbonyl (C=O) groups excluding carboxylic acids is 1. The third-order valence-corrected chi connectivity index (χ3v) is 3.14. The molecule has 1 aromatic carbocycles. The van der Waals surface area contributed by atoms with E-state index in [-0.39, 0.29) is 12.6 Å². The van der Waals surface area contributed by atoms with Crippen molar-refractivity contribution in [3.05, 3.63) is 53.9 Å². The van der Waals surface area contributed by atoms with Crippen molar-refractivity contribution in [1.29, 1.82) is 0 Å². The van der Waals surface area contributed by atoms with E-state index < -0.39 is 0 Å². The Hall–Kier alpha value is -2.34. The van der Waals surface area contributed by atoms with Crippen LogP contribution in [0.4, 0.5) is 4.79 Å².